The fourth-order valence-corrected chi connectivity index (χ4v) is 10.1. The third-order valence-electron chi connectivity index (χ3n) is 13.2. The van der Waals surface area contributed by atoms with E-state index >= 15 is 0 Å². The van der Waals surface area contributed by atoms with Gasteiger partial charge >= 0.3 is 0 Å². The molecule has 4 fully saturated rings. The Morgan fingerprint density at radius 2 is 1.02 bits per heavy atom. The van der Waals surface area contributed by atoms with Crippen molar-refractivity contribution in [3.05, 3.63) is 119 Å². The molecule has 3 saturated carbocycles. The summed E-state index contributed by atoms with van der Waals surface area (Å²) >= 11 is 0. The van der Waals surface area contributed by atoms with Crippen LogP contribution in [0.5, 0.6) is 0 Å². The highest BCUT2D eigenvalue weighted by atomic mass is 16.6. The summed E-state index contributed by atoms with van der Waals surface area (Å²) in [6, 6.07) is 36.2. The Balaban J connectivity index is 0.884. The highest BCUT2D eigenvalue weighted by molar-refractivity contribution is 5.83. The van der Waals surface area contributed by atoms with Crippen LogP contribution >= 0.6 is 0 Å². The highest BCUT2D eigenvalue weighted by Gasteiger charge is 2.50. The van der Waals surface area contributed by atoms with Crippen molar-refractivity contribution < 1.29 is 9.53 Å². The third kappa shape index (κ3) is 8.50. The fourth-order valence-electron chi connectivity index (χ4n) is 10.1. The van der Waals surface area contributed by atoms with Crippen LogP contribution in [-0.4, -0.2) is 31.1 Å². The smallest absolute Gasteiger partial charge is 0.141 e. The van der Waals surface area contributed by atoms with Crippen molar-refractivity contribution in [3.8, 4) is 0 Å². The van der Waals surface area contributed by atoms with Crippen LogP contribution in [0.25, 0.3) is 0 Å². The fraction of sp³-hybridized carbons (Fsp3) is 0.500. The second-order valence-corrected chi connectivity index (χ2v) is 17.6. The molecule has 0 radical (unpaired) electrons. The first-order valence-electron chi connectivity index (χ1n) is 21.5. The summed E-state index contributed by atoms with van der Waals surface area (Å²) in [7, 11) is 0. The van der Waals surface area contributed by atoms with E-state index in [1.165, 1.54) is 66.0 Å². The van der Waals surface area contributed by atoms with Crippen molar-refractivity contribution in [1.82, 2.24) is 0 Å². The topological polar surface area (TPSA) is 36.1 Å². The number of carbonyl (C=O) groups excluding carboxylic acids is 1. The number of Topliss-reactive ketones (excluding diaryl/α,β-unsaturated/α-hetero) is 1. The van der Waals surface area contributed by atoms with Crippen molar-refractivity contribution in [1.29, 1.82) is 0 Å². The summed E-state index contributed by atoms with van der Waals surface area (Å²) in [6.45, 7) is 11.3. The van der Waals surface area contributed by atoms with Crippen LogP contribution in [0.2, 0.25) is 0 Å². The maximum Gasteiger partial charge on any atom is 0.141 e. The number of fused-ring (bicyclic) bond motifs is 2. The van der Waals surface area contributed by atoms with E-state index in [-0.39, 0.29) is 5.78 Å². The number of epoxide rings is 1. The van der Waals surface area contributed by atoms with Gasteiger partial charge in [-0.1, -0.05) is 89.1 Å². The minimum atomic E-state index is 0.251. The van der Waals surface area contributed by atoms with Crippen molar-refractivity contribution >= 4 is 28.5 Å². The molecule has 0 aromatic heterocycles. The SMILES string of the molecule is CCCCN(c1ccc(CC(=O)Cc2ccc(N(CCCC)c3ccc(C4CC(C)CC5OC54)cc3)cc2)cc1)c1ccc(C2CC(C)CC3CC32)cc1. The number of benzene rings is 4. The molecule has 1 heterocycles. The number of ether oxygens (including phenoxy) is 1. The number of anilines is 4. The molecule has 8 unspecified atom stereocenters. The first-order valence-corrected chi connectivity index (χ1v) is 21.5. The molecule has 3 aliphatic carbocycles. The monoisotopic (exact) mass is 722 g/mol. The Morgan fingerprint density at radius 1 is 0.574 bits per heavy atom. The van der Waals surface area contributed by atoms with Crippen molar-refractivity contribution in [3.63, 3.8) is 0 Å². The second kappa shape index (κ2) is 16.5. The lowest BCUT2D eigenvalue weighted by Crippen LogP contribution is -2.21. The number of hydrogen-bond acceptors (Lipinski definition) is 4. The largest absolute Gasteiger partial charge is 0.369 e. The van der Waals surface area contributed by atoms with Gasteiger partial charge in [0.2, 0.25) is 0 Å². The predicted molar refractivity (Wildman–Crippen MR) is 225 cm³/mol. The standard InChI is InChI=1S/C50H62N2O2/c1-5-7-25-51(43-21-13-38(14-22-43)46-28-34(3)27-40-33-47(40)46)41-17-9-36(10-18-41)31-45(53)32-37-11-19-42(20-12-37)52(26-8-6-2)44-23-15-39(16-24-44)48-29-35(4)30-49-50(48)54-49/h9-24,34-35,40,46-50H,5-8,25-33H2,1-4H3. The van der Waals surface area contributed by atoms with E-state index in [9.17, 15) is 4.79 Å². The van der Waals surface area contributed by atoms with E-state index in [4.69, 9.17) is 4.74 Å². The predicted octanol–water partition coefficient (Wildman–Crippen LogP) is 12.3. The van der Waals surface area contributed by atoms with Gasteiger partial charge in [-0.15, -0.1) is 0 Å². The van der Waals surface area contributed by atoms with Gasteiger partial charge in [-0.25, -0.2) is 0 Å². The lowest BCUT2D eigenvalue weighted by atomic mass is 9.78. The van der Waals surface area contributed by atoms with Gasteiger partial charge in [0, 0.05) is 54.6 Å². The molecule has 54 heavy (non-hydrogen) atoms. The molecule has 4 nitrogen and oxygen atoms in total. The van der Waals surface area contributed by atoms with Gasteiger partial charge in [-0.2, -0.15) is 0 Å². The molecule has 1 saturated heterocycles. The minimum Gasteiger partial charge on any atom is -0.369 e. The molecule has 0 bridgehead atoms. The first kappa shape index (κ1) is 37.1. The third-order valence-corrected chi connectivity index (χ3v) is 13.2. The van der Waals surface area contributed by atoms with Crippen LogP contribution in [0.15, 0.2) is 97.1 Å². The summed E-state index contributed by atoms with van der Waals surface area (Å²) in [5.41, 5.74) is 9.98. The normalized spacial score (nSPS) is 26.7. The summed E-state index contributed by atoms with van der Waals surface area (Å²) in [5.74, 6) is 4.99. The molecular formula is C50H62N2O2. The zero-order valence-electron chi connectivity index (χ0n) is 33.3. The molecular weight excluding hydrogens is 661 g/mol. The van der Waals surface area contributed by atoms with Crippen LogP contribution in [0.4, 0.5) is 22.7 Å². The zero-order valence-corrected chi connectivity index (χ0v) is 33.3. The molecule has 0 amide bonds. The lowest BCUT2D eigenvalue weighted by molar-refractivity contribution is -0.117. The Kier molecular flexibility index (Phi) is 11.3. The average Bonchev–Trinajstić information content (AvgIpc) is 4.12. The van der Waals surface area contributed by atoms with E-state index in [0.29, 0.717) is 31.0 Å². The molecule has 4 aromatic rings. The van der Waals surface area contributed by atoms with E-state index in [2.05, 4.69) is 135 Å². The van der Waals surface area contributed by atoms with E-state index < -0.39 is 0 Å². The Morgan fingerprint density at radius 3 is 1.52 bits per heavy atom. The molecule has 1 aliphatic heterocycles. The van der Waals surface area contributed by atoms with Gasteiger partial charge in [0.25, 0.3) is 0 Å². The number of hydrogen-bond donors (Lipinski definition) is 0. The maximum atomic E-state index is 13.3. The van der Waals surface area contributed by atoms with Gasteiger partial charge in [0.15, 0.2) is 0 Å². The van der Waals surface area contributed by atoms with Crippen molar-refractivity contribution in [2.45, 2.75) is 122 Å². The molecule has 4 aromatic carbocycles. The molecule has 0 spiro atoms. The van der Waals surface area contributed by atoms with Gasteiger partial charge in [-0.05, 0) is 145 Å². The molecule has 4 aliphatic rings. The van der Waals surface area contributed by atoms with Crippen LogP contribution in [0, 0.1) is 23.7 Å². The summed E-state index contributed by atoms with van der Waals surface area (Å²) in [6.07, 6.45) is 13.0. The number of carbonyl (C=O) groups is 1. The van der Waals surface area contributed by atoms with Gasteiger partial charge in [-0.3, -0.25) is 4.79 Å². The van der Waals surface area contributed by atoms with Gasteiger partial charge < -0.3 is 14.5 Å². The van der Waals surface area contributed by atoms with Crippen molar-refractivity contribution in [2.75, 3.05) is 22.9 Å². The lowest BCUT2D eigenvalue weighted by Gasteiger charge is -2.28. The Hall–Kier alpha value is -3.89. The van der Waals surface area contributed by atoms with Gasteiger partial charge in [0.1, 0.15) is 5.78 Å². The van der Waals surface area contributed by atoms with E-state index in [1.807, 2.05) is 0 Å². The molecule has 8 atom stereocenters. The summed E-state index contributed by atoms with van der Waals surface area (Å²) < 4.78 is 6.01. The zero-order chi connectivity index (χ0) is 37.2. The molecule has 0 N–H and O–H groups in total. The minimum absolute atomic E-state index is 0.251. The van der Waals surface area contributed by atoms with Crippen LogP contribution in [-0.2, 0) is 22.4 Å². The molecule has 284 valence electrons. The quantitative estimate of drug-likeness (QED) is 0.108. The molecule has 4 heteroatoms. The number of ketones is 1. The van der Waals surface area contributed by atoms with Crippen molar-refractivity contribution in [2.24, 2.45) is 23.7 Å². The summed E-state index contributed by atoms with van der Waals surface area (Å²) in [5, 5.41) is 0. The summed E-state index contributed by atoms with van der Waals surface area (Å²) in [4.78, 5) is 18.2. The Bertz CT molecular complexity index is 1700. The van der Waals surface area contributed by atoms with Crippen LogP contribution in [0.3, 0.4) is 0 Å². The van der Waals surface area contributed by atoms with Gasteiger partial charge in [0.05, 0.1) is 12.2 Å². The number of rotatable bonds is 16. The second-order valence-electron chi connectivity index (χ2n) is 17.6. The Labute approximate surface area is 325 Å². The average molecular weight is 723 g/mol. The van der Waals surface area contributed by atoms with Crippen LogP contribution in [0.1, 0.15) is 120 Å². The number of unbranched alkanes of at least 4 members (excludes halogenated alkanes) is 2. The highest BCUT2D eigenvalue weighted by Crippen LogP contribution is 2.58. The van der Waals surface area contributed by atoms with E-state index in [1.54, 1.807) is 0 Å². The van der Waals surface area contributed by atoms with E-state index in [0.717, 1.165) is 79.5 Å². The number of nitrogens with zero attached hydrogens (tertiary/aromatic N) is 2. The maximum absolute atomic E-state index is 13.3. The first-order chi connectivity index (χ1) is 26.4. The van der Waals surface area contributed by atoms with Crippen LogP contribution < -0.4 is 9.80 Å². The molecule has 8 rings (SSSR count).